The number of likely N-dealkylation sites (tertiary alicyclic amines) is 1. The van der Waals surface area contributed by atoms with Crippen molar-refractivity contribution in [3.63, 3.8) is 0 Å². The summed E-state index contributed by atoms with van der Waals surface area (Å²) in [7, 11) is 0. The first-order valence-electron chi connectivity index (χ1n) is 12.0. The standard InChI is InChI=1S/C25H36N2O5/c1-3-5-6-20(17-23(28)31-4-2)26-24(29)18-9-11-21(12-10-18)32-22-13-15-27(16-14-22)25(30)19-7-8-19/h9-12,19-20,22H,3-8,13-17H2,1-2H3,(H,26,29). The van der Waals surface area contributed by atoms with Gasteiger partial charge in [0.05, 0.1) is 13.0 Å². The van der Waals surface area contributed by atoms with Gasteiger partial charge in [-0.15, -0.1) is 0 Å². The molecule has 1 aliphatic carbocycles. The zero-order valence-corrected chi connectivity index (χ0v) is 19.3. The number of hydrogen-bond donors (Lipinski definition) is 1. The Morgan fingerprint density at radius 1 is 1.06 bits per heavy atom. The van der Waals surface area contributed by atoms with Crippen molar-refractivity contribution in [3.8, 4) is 5.75 Å². The predicted octanol–water partition coefficient (Wildman–Crippen LogP) is 3.71. The molecular weight excluding hydrogens is 408 g/mol. The van der Waals surface area contributed by atoms with Crippen molar-refractivity contribution in [2.24, 2.45) is 5.92 Å². The largest absolute Gasteiger partial charge is 0.490 e. The highest BCUT2D eigenvalue weighted by molar-refractivity contribution is 5.94. The molecule has 2 amide bonds. The molecule has 1 saturated carbocycles. The number of unbranched alkanes of at least 4 members (excludes halogenated alkanes) is 1. The van der Waals surface area contributed by atoms with E-state index in [1.807, 2.05) is 17.0 Å². The fourth-order valence-corrected chi connectivity index (χ4v) is 4.03. The maximum atomic E-state index is 12.7. The van der Waals surface area contributed by atoms with Gasteiger partial charge in [0.25, 0.3) is 5.91 Å². The van der Waals surface area contributed by atoms with Crippen LogP contribution in [0.25, 0.3) is 0 Å². The molecule has 0 bridgehead atoms. The Hall–Kier alpha value is -2.57. The Labute approximate surface area is 190 Å². The van der Waals surface area contributed by atoms with Gasteiger partial charge in [-0.1, -0.05) is 19.8 Å². The second-order valence-corrected chi connectivity index (χ2v) is 8.76. The van der Waals surface area contributed by atoms with E-state index in [2.05, 4.69) is 12.2 Å². The monoisotopic (exact) mass is 444 g/mol. The number of piperidine rings is 1. The smallest absolute Gasteiger partial charge is 0.307 e. The Balaban J connectivity index is 1.47. The lowest BCUT2D eigenvalue weighted by molar-refractivity contribution is -0.143. The van der Waals surface area contributed by atoms with Gasteiger partial charge in [-0.05, 0) is 50.5 Å². The van der Waals surface area contributed by atoms with Gasteiger partial charge < -0.3 is 19.7 Å². The van der Waals surface area contributed by atoms with E-state index in [-0.39, 0.29) is 36.4 Å². The van der Waals surface area contributed by atoms with Crippen LogP contribution in [-0.2, 0) is 14.3 Å². The van der Waals surface area contributed by atoms with E-state index >= 15 is 0 Å². The molecule has 1 aromatic rings. The molecule has 1 aliphatic heterocycles. The van der Waals surface area contributed by atoms with Crippen LogP contribution in [0.3, 0.4) is 0 Å². The molecular formula is C25H36N2O5. The molecule has 1 heterocycles. The molecule has 1 unspecified atom stereocenters. The van der Waals surface area contributed by atoms with Crippen LogP contribution in [0.1, 0.15) is 75.6 Å². The lowest BCUT2D eigenvalue weighted by Gasteiger charge is -2.32. The maximum Gasteiger partial charge on any atom is 0.307 e. The normalized spacial score (nSPS) is 17.5. The van der Waals surface area contributed by atoms with Gasteiger partial charge in [0.2, 0.25) is 5.91 Å². The second kappa shape index (κ2) is 11.9. The van der Waals surface area contributed by atoms with E-state index in [0.29, 0.717) is 18.1 Å². The Morgan fingerprint density at radius 2 is 1.75 bits per heavy atom. The Bertz CT molecular complexity index is 767. The van der Waals surface area contributed by atoms with E-state index in [4.69, 9.17) is 9.47 Å². The molecule has 3 rings (SSSR count). The highest BCUT2D eigenvalue weighted by Crippen LogP contribution is 2.32. The fraction of sp³-hybridized carbons (Fsp3) is 0.640. The summed E-state index contributed by atoms with van der Waals surface area (Å²) in [6, 6.07) is 6.88. The number of hydrogen-bond acceptors (Lipinski definition) is 5. The number of esters is 1. The Morgan fingerprint density at radius 3 is 2.34 bits per heavy atom. The van der Waals surface area contributed by atoms with Crippen molar-refractivity contribution < 1.29 is 23.9 Å². The van der Waals surface area contributed by atoms with Crippen LogP contribution in [0.4, 0.5) is 0 Å². The van der Waals surface area contributed by atoms with Gasteiger partial charge in [-0.25, -0.2) is 0 Å². The summed E-state index contributed by atoms with van der Waals surface area (Å²) in [4.78, 5) is 38.7. The van der Waals surface area contributed by atoms with Crippen molar-refractivity contribution in [2.75, 3.05) is 19.7 Å². The summed E-state index contributed by atoms with van der Waals surface area (Å²) in [5.41, 5.74) is 0.535. The molecule has 1 N–H and O–H groups in total. The number of benzene rings is 1. The van der Waals surface area contributed by atoms with Gasteiger partial charge in [-0.3, -0.25) is 14.4 Å². The minimum atomic E-state index is -0.289. The molecule has 2 fully saturated rings. The summed E-state index contributed by atoms with van der Waals surface area (Å²) in [6.07, 6.45) is 6.67. The van der Waals surface area contributed by atoms with Crippen molar-refractivity contribution in [3.05, 3.63) is 29.8 Å². The molecule has 1 saturated heterocycles. The summed E-state index contributed by atoms with van der Waals surface area (Å²) in [6.45, 7) is 5.69. The first-order valence-corrected chi connectivity index (χ1v) is 12.0. The third kappa shape index (κ3) is 7.24. The lowest BCUT2D eigenvalue weighted by Crippen LogP contribution is -2.42. The predicted molar refractivity (Wildman–Crippen MR) is 121 cm³/mol. The van der Waals surface area contributed by atoms with Crippen LogP contribution in [0.15, 0.2) is 24.3 Å². The molecule has 1 aromatic carbocycles. The van der Waals surface area contributed by atoms with Gasteiger partial charge >= 0.3 is 5.97 Å². The van der Waals surface area contributed by atoms with Crippen LogP contribution < -0.4 is 10.1 Å². The number of carbonyl (C=O) groups is 3. The topological polar surface area (TPSA) is 84.9 Å². The highest BCUT2D eigenvalue weighted by Gasteiger charge is 2.35. The van der Waals surface area contributed by atoms with Crippen molar-refractivity contribution in [1.29, 1.82) is 0 Å². The first kappa shape index (κ1) is 24.1. The van der Waals surface area contributed by atoms with Gasteiger partial charge in [0.15, 0.2) is 0 Å². The van der Waals surface area contributed by atoms with Crippen molar-refractivity contribution >= 4 is 17.8 Å². The van der Waals surface area contributed by atoms with Gasteiger partial charge in [-0.2, -0.15) is 0 Å². The van der Waals surface area contributed by atoms with E-state index in [1.54, 1.807) is 19.1 Å². The van der Waals surface area contributed by atoms with Crippen LogP contribution in [0.5, 0.6) is 5.75 Å². The SMILES string of the molecule is CCCCC(CC(=O)OCC)NC(=O)c1ccc(OC2CCN(C(=O)C3CC3)CC2)cc1. The molecule has 7 nitrogen and oxygen atoms in total. The molecule has 0 spiro atoms. The molecule has 0 radical (unpaired) electrons. The third-order valence-corrected chi connectivity index (χ3v) is 6.06. The number of amides is 2. The van der Waals surface area contributed by atoms with Crippen LogP contribution >= 0.6 is 0 Å². The number of carbonyl (C=O) groups excluding carboxylic acids is 3. The molecule has 176 valence electrons. The maximum absolute atomic E-state index is 12.7. The number of rotatable bonds is 11. The highest BCUT2D eigenvalue weighted by atomic mass is 16.5. The van der Waals surface area contributed by atoms with Crippen LogP contribution in [0, 0.1) is 5.92 Å². The quantitative estimate of drug-likeness (QED) is 0.526. The summed E-state index contributed by atoms with van der Waals surface area (Å²) in [5.74, 6) is 0.808. The lowest BCUT2D eigenvalue weighted by atomic mass is 10.1. The zero-order chi connectivity index (χ0) is 22.9. The first-order chi connectivity index (χ1) is 15.5. The van der Waals surface area contributed by atoms with Crippen LogP contribution in [0.2, 0.25) is 0 Å². The van der Waals surface area contributed by atoms with E-state index in [9.17, 15) is 14.4 Å². The van der Waals surface area contributed by atoms with E-state index in [1.165, 1.54) is 0 Å². The van der Waals surface area contributed by atoms with E-state index in [0.717, 1.165) is 63.8 Å². The minimum absolute atomic E-state index is 0.0842. The fourth-order valence-electron chi connectivity index (χ4n) is 4.03. The van der Waals surface area contributed by atoms with E-state index < -0.39 is 0 Å². The average molecular weight is 445 g/mol. The summed E-state index contributed by atoms with van der Waals surface area (Å²) in [5, 5.41) is 2.97. The number of nitrogens with zero attached hydrogens (tertiary/aromatic N) is 1. The van der Waals surface area contributed by atoms with Gasteiger partial charge in [0, 0.05) is 43.5 Å². The Kier molecular flexibility index (Phi) is 8.94. The molecule has 2 aliphatic rings. The van der Waals surface area contributed by atoms with Crippen molar-refractivity contribution in [2.45, 2.75) is 77.4 Å². The zero-order valence-electron chi connectivity index (χ0n) is 19.3. The molecule has 7 heteroatoms. The molecule has 0 aromatic heterocycles. The second-order valence-electron chi connectivity index (χ2n) is 8.76. The van der Waals surface area contributed by atoms with Crippen molar-refractivity contribution in [1.82, 2.24) is 10.2 Å². The number of nitrogens with one attached hydrogen (secondary N) is 1. The minimum Gasteiger partial charge on any atom is -0.490 e. The average Bonchev–Trinajstić information content (AvgIpc) is 3.63. The third-order valence-electron chi connectivity index (χ3n) is 6.06. The molecule has 1 atom stereocenters. The van der Waals surface area contributed by atoms with Gasteiger partial charge in [0.1, 0.15) is 11.9 Å². The summed E-state index contributed by atoms with van der Waals surface area (Å²) >= 11 is 0. The number of ether oxygens (including phenoxy) is 2. The van der Waals surface area contributed by atoms with Crippen LogP contribution in [-0.4, -0.2) is 54.5 Å². The summed E-state index contributed by atoms with van der Waals surface area (Å²) < 4.78 is 11.1. The molecule has 32 heavy (non-hydrogen) atoms.